The van der Waals surface area contributed by atoms with Gasteiger partial charge in [-0.2, -0.15) is 0 Å². The summed E-state index contributed by atoms with van der Waals surface area (Å²) in [5.74, 6) is 0.613. The molecule has 2 heterocycles. The van der Waals surface area contributed by atoms with Crippen molar-refractivity contribution in [3.8, 4) is 11.3 Å². The van der Waals surface area contributed by atoms with Crippen molar-refractivity contribution in [1.82, 2.24) is 9.88 Å². The lowest BCUT2D eigenvalue weighted by atomic mass is 10.1. The number of hydrogen-bond acceptors (Lipinski definition) is 4. The maximum atomic E-state index is 5.70. The van der Waals surface area contributed by atoms with E-state index in [1.54, 1.807) is 11.3 Å². The predicted molar refractivity (Wildman–Crippen MR) is 76.8 cm³/mol. The first kappa shape index (κ1) is 11.7. The molecule has 2 N–H and O–H groups in total. The Hall–Kier alpha value is -1.39. The molecule has 1 fully saturated rings. The molecule has 3 rings (SSSR count). The molecular weight excluding hydrogens is 242 g/mol. The van der Waals surface area contributed by atoms with E-state index in [-0.39, 0.29) is 0 Å². The summed E-state index contributed by atoms with van der Waals surface area (Å²) in [4.78, 5) is 7.15. The lowest BCUT2D eigenvalue weighted by Gasteiger charge is -2.06. The molecule has 1 unspecified atom stereocenters. The molecule has 0 amide bonds. The van der Waals surface area contributed by atoms with Crippen molar-refractivity contribution in [3.63, 3.8) is 0 Å². The van der Waals surface area contributed by atoms with Crippen molar-refractivity contribution in [2.24, 2.45) is 0 Å². The van der Waals surface area contributed by atoms with Crippen LogP contribution in [-0.4, -0.2) is 30.0 Å². The van der Waals surface area contributed by atoms with Crippen LogP contribution >= 0.6 is 11.3 Å². The molecule has 94 valence electrons. The molecule has 0 radical (unpaired) electrons. The summed E-state index contributed by atoms with van der Waals surface area (Å²) in [6.45, 7) is 2.32. The summed E-state index contributed by atoms with van der Waals surface area (Å²) < 4.78 is 0. The topological polar surface area (TPSA) is 42.2 Å². The van der Waals surface area contributed by atoms with Gasteiger partial charge in [-0.25, -0.2) is 4.98 Å². The van der Waals surface area contributed by atoms with Gasteiger partial charge in [0.1, 0.15) is 0 Å². The highest BCUT2D eigenvalue weighted by Gasteiger charge is 2.23. The Balaban J connectivity index is 1.83. The minimum absolute atomic E-state index is 0.613. The third-order valence-electron chi connectivity index (χ3n) is 3.47. The van der Waals surface area contributed by atoms with Gasteiger partial charge in [-0.15, -0.1) is 11.3 Å². The summed E-state index contributed by atoms with van der Waals surface area (Å²) in [6, 6.07) is 7.93. The van der Waals surface area contributed by atoms with Crippen LogP contribution in [0.5, 0.6) is 0 Å². The van der Waals surface area contributed by atoms with Crippen LogP contribution in [0.4, 0.5) is 5.69 Å². The van der Waals surface area contributed by atoms with Gasteiger partial charge in [-0.1, -0.05) is 12.1 Å². The highest BCUT2D eigenvalue weighted by Crippen LogP contribution is 2.31. The van der Waals surface area contributed by atoms with E-state index < -0.39 is 0 Å². The van der Waals surface area contributed by atoms with E-state index in [9.17, 15) is 0 Å². The van der Waals surface area contributed by atoms with Gasteiger partial charge in [0.15, 0.2) is 0 Å². The van der Waals surface area contributed by atoms with Crippen LogP contribution in [0.25, 0.3) is 11.3 Å². The van der Waals surface area contributed by atoms with Crippen molar-refractivity contribution < 1.29 is 0 Å². The fraction of sp³-hybridized carbons (Fsp3) is 0.357. The number of anilines is 1. The lowest BCUT2D eigenvalue weighted by molar-refractivity contribution is 0.411. The first-order chi connectivity index (χ1) is 8.72. The van der Waals surface area contributed by atoms with Gasteiger partial charge < -0.3 is 10.6 Å². The average Bonchev–Trinajstić information content (AvgIpc) is 2.98. The number of thiazole rings is 1. The highest BCUT2D eigenvalue weighted by atomic mass is 32.1. The number of nitrogens with zero attached hydrogens (tertiary/aromatic N) is 2. The Bertz CT molecular complexity index is 532. The molecule has 1 aliphatic rings. The molecule has 4 heteroatoms. The Kier molecular flexibility index (Phi) is 3.06. The Morgan fingerprint density at radius 3 is 2.78 bits per heavy atom. The predicted octanol–water partition coefficient (Wildman–Crippen LogP) is 2.81. The molecule has 1 aromatic heterocycles. The third kappa shape index (κ3) is 2.26. The van der Waals surface area contributed by atoms with E-state index in [1.165, 1.54) is 18.0 Å². The van der Waals surface area contributed by atoms with Crippen LogP contribution in [0.2, 0.25) is 0 Å². The van der Waals surface area contributed by atoms with Gasteiger partial charge in [0, 0.05) is 29.1 Å². The molecule has 18 heavy (non-hydrogen) atoms. The van der Waals surface area contributed by atoms with E-state index in [0.717, 1.165) is 23.5 Å². The maximum Gasteiger partial charge on any atom is 0.0976 e. The molecule has 1 aromatic carbocycles. The normalized spacial score (nSPS) is 20.4. The van der Waals surface area contributed by atoms with E-state index >= 15 is 0 Å². The number of likely N-dealkylation sites (tertiary alicyclic amines) is 1. The number of benzene rings is 1. The van der Waals surface area contributed by atoms with Gasteiger partial charge in [0.25, 0.3) is 0 Å². The first-order valence-corrected chi connectivity index (χ1v) is 7.10. The number of likely N-dealkylation sites (N-methyl/N-ethyl adjacent to an activating group) is 1. The minimum atomic E-state index is 0.613. The SMILES string of the molecule is CN1CCC(c2nc(-c3ccc(N)cc3)cs2)C1. The maximum absolute atomic E-state index is 5.70. The molecular formula is C14H17N3S. The Morgan fingerprint density at radius 2 is 2.11 bits per heavy atom. The fourth-order valence-electron chi connectivity index (χ4n) is 2.40. The zero-order valence-corrected chi connectivity index (χ0v) is 11.3. The third-order valence-corrected chi connectivity index (χ3v) is 4.48. The minimum Gasteiger partial charge on any atom is -0.399 e. The summed E-state index contributed by atoms with van der Waals surface area (Å²) >= 11 is 1.78. The lowest BCUT2D eigenvalue weighted by Crippen LogP contribution is -2.13. The second-order valence-corrected chi connectivity index (χ2v) is 5.83. The molecule has 3 nitrogen and oxygen atoms in total. The molecule has 1 aliphatic heterocycles. The van der Waals surface area contributed by atoms with Gasteiger partial charge in [0.2, 0.25) is 0 Å². The largest absolute Gasteiger partial charge is 0.399 e. The molecule has 0 saturated carbocycles. The van der Waals surface area contributed by atoms with Crippen LogP contribution in [0, 0.1) is 0 Å². The Morgan fingerprint density at radius 1 is 1.33 bits per heavy atom. The van der Waals surface area contributed by atoms with Crippen LogP contribution < -0.4 is 5.73 Å². The molecule has 0 spiro atoms. The standard InChI is InChI=1S/C14H17N3S/c1-17-7-6-11(8-17)14-16-13(9-18-14)10-2-4-12(15)5-3-10/h2-5,9,11H,6-8,15H2,1H3. The summed E-state index contributed by atoms with van der Waals surface area (Å²) in [7, 11) is 2.18. The van der Waals surface area contributed by atoms with Gasteiger partial charge in [0.05, 0.1) is 10.7 Å². The Labute approximate surface area is 111 Å². The van der Waals surface area contributed by atoms with Gasteiger partial charge in [-0.3, -0.25) is 0 Å². The number of nitrogens with two attached hydrogens (primary N) is 1. The van der Waals surface area contributed by atoms with Crippen molar-refractivity contribution >= 4 is 17.0 Å². The zero-order valence-electron chi connectivity index (χ0n) is 10.5. The smallest absolute Gasteiger partial charge is 0.0976 e. The van der Waals surface area contributed by atoms with Crippen LogP contribution in [0.15, 0.2) is 29.6 Å². The quantitative estimate of drug-likeness (QED) is 0.843. The van der Waals surface area contributed by atoms with Crippen molar-refractivity contribution in [2.75, 3.05) is 25.9 Å². The summed E-state index contributed by atoms with van der Waals surface area (Å²) in [6.07, 6.45) is 1.23. The number of aromatic nitrogens is 1. The first-order valence-electron chi connectivity index (χ1n) is 6.22. The van der Waals surface area contributed by atoms with Crippen LogP contribution in [-0.2, 0) is 0 Å². The summed E-state index contributed by atoms with van der Waals surface area (Å²) in [5, 5.41) is 3.42. The van der Waals surface area contributed by atoms with Gasteiger partial charge in [-0.05, 0) is 32.1 Å². The molecule has 1 atom stereocenters. The summed E-state index contributed by atoms with van der Waals surface area (Å²) in [5.41, 5.74) is 8.72. The second kappa shape index (κ2) is 4.71. The highest BCUT2D eigenvalue weighted by molar-refractivity contribution is 7.10. The van der Waals surface area contributed by atoms with Crippen LogP contribution in [0.1, 0.15) is 17.3 Å². The zero-order chi connectivity index (χ0) is 12.5. The molecule has 0 aliphatic carbocycles. The van der Waals surface area contributed by atoms with E-state index in [2.05, 4.69) is 17.3 Å². The monoisotopic (exact) mass is 259 g/mol. The number of hydrogen-bond donors (Lipinski definition) is 1. The number of nitrogen functional groups attached to an aromatic ring is 1. The van der Waals surface area contributed by atoms with Crippen molar-refractivity contribution in [2.45, 2.75) is 12.3 Å². The molecule has 1 saturated heterocycles. The van der Waals surface area contributed by atoms with E-state index in [0.29, 0.717) is 5.92 Å². The van der Waals surface area contributed by atoms with E-state index in [4.69, 9.17) is 10.7 Å². The average molecular weight is 259 g/mol. The van der Waals surface area contributed by atoms with Gasteiger partial charge >= 0.3 is 0 Å². The molecule has 0 bridgehead atoms. The van der Waals surface area contributed by atoms with Crippen molar-refractivity contribution in [1.29, 1.82) is 0 Å². The van der Waals surface area contributed by atoms with Crippen molar-refractivity contribution in [3.05, 3.63) is 34.7 Å². The van der Waals surface area contributed by atoms with Crippen LogP contribution in [0.3, 0.4) is 0 Å². The molecule has 2 aromatic rings. The number of rotatable bonds is 2. The van der Waals surface area contributed by atoms with E-state index in [1.807, 2.05) is 24.3 Å². The second-order valence-electron chi connectivity index (χ2n) is 4.94. The fourth-order valence-corrected chi connectivity index (χ4v) is 3.36.